The van der Waals surface area contributed by atoms with E-state index in [-0.39, 0.29) is 0 Å². The summed E-state index contributed by atoms with van der Waals surface area (Å²) in [6, 6.07) is 4.24. The van der Waals surface area contributed by atoms with Crippen molar-refractivity contribution in [2.24, 2.45) is 0 Å². The van der Waals surface area contributed by atoms with Gasteiger partial charge in [-0.2, -0.15) is 0 Å². The van der Waals surface area contributed by atoms with E-state index in [1.807, 2.05) is 0 Å². The van der Waals surface area contributed by atoms with Crippen LogP contribution in [0.2, 0.25) is 0 Å². The van der Waals surface area contributed by atoms with Gasteiger partial charge in [-0.25, -0.2) is 0 Å². The average Bonchev–Trinajstić information content (AvgIpc) is 2.37. The maximum atomic E-state index is 3.43. The fraction of sp³-hybridized carbons (Fsp3) is 0.429. The monoisotopic (exact) mass is 345 g/mol. The number of rotatable bonds is 4. The van der Waals surface area contributed by atoms with Crippen LogP contribution in [-0.4, -0.2) is 11.0 Å². The van der Waals surface area contributed by atoms with Gasteiger partial charge < -0.3 is 5.32 Å². The van der Waals surface area contributed by atoms with Crippen molar-refractivity contribution in [3.8, 4) is 0 Å². The van der Waals surface area contributed by atoms with Crippen LogP contribution in [0.25, 0.3) is 0 Å². The molecule has 1 aromatic rings. The number of hydrogen-bond donors (Lipinski definition) is 1. The summed E-state index contributed by atoms with van der Waals surface area (Å²) >= 11 is 7.59. The lowest BCUT2D eigenvalue weighted by molar-refractivity contribution is 0.746. The first-order valence-electron chi connectivity index (χ1n) is 3.34. The minimum atomic E-state index is 0.999. The first-order valence-corrected chi connectivity index (χ1v) is 6.47. The Labute approximate surface area is 92.8 Å². The second-order valence-corrected chi connectivity index (χ2v) is 5.70. The standard InChI is InChI=1S/C7H9BrINS/c8-7-2-1-6(11-7)5-10-4-3-9/h1-2,10H,3-5H2. The normalized spacial score (nSPS) is 10.4. The lowest BCUT2D eigenvalue weighted by Gasteiger charge is -1.97. The molecule has 0 aliphatic carbocycles. The van der Waals surface area contributed by atoms with Crippen LogP contribution in [0.3, 0.4) is 0 Å². The molecule has 1 heterocycles. The minimum absolute atomic E-state index is 0.999. The van der Waals surface area contributed by atoms with Gasteiger partial charge in [0.05, 0.1) is 3.79 Å². The van der Waals surface area contributed by atoms with E-state index in [2.05, 4.69) is 56.0 Å². The van der Waals surface area contributed by atoms with Crippen molar-refractivity contribution in [1.82, 2.24) is 5.32 Å². The third kappa shape index (κ3) is 3.87. The number of thiophene rings is 1. The molecular formula is C7H9BrINS. The molecule has 0 radical (unpaired) electrons. The first kappa shape index (κ1) is 9.95. The van der Waals surface area contributed by atoms with Crippen LogP contribution in [0, 0.1) is 0 Å². The van der Waals surface area contributed by atoms with Crippen molar-refractivity contribution in [1.29, 1.82) is 0 Å². The predicted octanol–water partition coefficient (Wildman–Crippen LogP) is 3.04. The summed E-state index contributed by atoms with van der Waals surface area (Å²) in [6.45, 7) is 2.09. The van der Waals surface area contributed by atoms with Crippen LogP contribution < -0.4 is 5.32 Å². The molecule has 1 rings (SSSR count). The zero-order valence-electron chi connectivity index (χ0n) is 5.94. The van der Waals surface area contributed by atoms with Crippen molar-refractivity contribution >= 4 is 49.9 Å². The van der Waals surface area contributed by atoms with Crippen LogP contribution in [-0.2, 0) is 6.54 Å². The first-order chi connectivity index (χ1) is 5.33. The second kappa shape index (κ2) is 5.50. The van der Waals surface area contributed by atoms with Gasteiger partial charge in [0, 0.05) is 22.4 Å². The van der Waals surface area contributed by atoms with Crippen LogP contribution in [0.1, 0.15) is 4.88 Å². The molecule has 0 amide bonds. The van der Waals surface area contributed by atoms with Gasteiger partial charge in [-0.05, 0) is 28.1 Å². The van der Waals surface area contributed by atoms with E-state index < -0.39 is 0 Å². The Morgan fingerprint density at radius 2 is 2.36 bits per heavy atom. The Hall–Kier alpha value is 0.870. The topological polar surface area (TPSA) is 12.0 Å². The lowest BCUT2D eigenvalue weighted by atomic mass is 10.4. The van der Waals surface area contributed by atoms with E-state index in [1.54, 1.807) is 11.3 Å². The zero-order chi connectivity index (χ0) is 8.10. The van der Waals surface area contributed by atoms with Gasteiger partial charge in [-0.3, -0.25) is 0 Å². The molecule has 0 aromatic carbocycles. The summed E-state index contributed by atoms with van der Waals surface area (Å²) in [4.78, 5) is 1.39. The number of halogens is 2. The highest BCUT2D eigenvalue weighted by Gasteiger charge is 1.95. The summed E-state index contributed by atoms with van der Waals surface area (Å²) in [6.07, 6.45) is 0. The fourth-order valence-electron chi connectivity index (χ4n) is 0.725. The smallest absolute Gasteiger partial charge is 0.0701 e. The fourth-order valence-corrected chi connectivity index (χ4v) is 2.56. The third-order valence-corrected chi connectivity index (χ3v) is 3.36. The SMILES string of the molecule is Brc1ccc(CNCCI)s1. The Morgan fingerprint density at radius 3 is 2.91 bits per heavy atom. The van der Waals surface area contributed by atoms with Gasteiger partial charge in [0.1, 0.15) is 0 Å². The zero-order valence-corrected chi connectivity index (χ0v) is 10.5. The molecule has 0 saturated heterocycles. The van der Waals surface area contributed by atoms with Crippen LogP contribution in [0.5, 0.6) is 0 Å². The van der Waals surface area contributed by atoms with Gasteiger partial charge in [0.25, 0.3) is 0 Å². The molecule has 1 N–H and O–H groups in total. The highest BCUT2D eigenvalue weighted by molar-refractivity contribution is 14.1. The maximum absolute atomic E-state index is 3.43. The highest BCUT2D eigenvalue weighted by Crippen LogP contribution is 2.21. The molecule has 0 aliphatic rings. The van der Waals surface area contributed by atoms with Gasteiger partial charge in [-0.1, -0.05) is 22.6 Å². The van der Waals surface area contributed by atoms with E-state index in [0.29, 0.717) is 0 Å². The number of alkyl halides is 1. The molecule has 11 heavy (non-hydrogen) atoms. The number of nitrogens with one attached hydrogen (secondary N) is 1. The van der Waals surface area contributed by atoms with E-state index in [4.69, 9.17) is 0 Å². The van der Waals surface area contributed by atoms with Crippen molar-refractivity contribution in [3.05, 3.63) is 20.8 Å². The summed E-state index contributed by atoms with van der Waals surface area (Å²) in [5, 5.41) is 3.35. The Balaban J connectivity index is 2.27. The predicted molar refractivity (Wildman–Crippen MR) is 62.6 cm³/mol. The molecule has 62 valence electrons. The molecule has 0 fully saturated rings. The van der Waals surface area contributed by atoms with Gasteiger partial charge >= 0.3 is 0 Å². The molecule has 1 nitrogen and oxygen atoms in total. The Kier molecular flexibility index (Phi) is 4.98. The molecule has 4 heteroatoms. The van der Waals surface area contributed by atoms with Crippen LogP contribution >= 0.6 is 49.9 Å². The van der Waals surface area contributed by atoms with Crippen molar-refractivity contribution in [2.45, 2.75) is 6.54 Å². The number of hydrogen-bond acceptors (Lipinski definition) is 2. The quantitative estimate of drug-likeness (QED) is 0.502. The molecule has 1 aromatic heterocycles. The Bertz CT molecular complexity index is 214. The lowest BCUT2D eigenvalue weighted by Crippen LogP contribution is -2.14. The van der Waals surface area contributed by atoms with E-state index in [9.17, 15) is 0 Å². The van der Waals surface area contributed by atoms with Crippen molar-refractivity contribution < 1.29 is 0 Å². The Morgan fingerprint density at radius 1 is 1.55 bits per heavy atom. The summed E-state index contributed by atoms with van der Waals surface area (Å²) in [5.74, 6) is 0. The van der Waals surface area contributed by atoms with Gasteiger partial charge in [0.2, 0.25) is 0 Å². The van der Waals surface area contributed by atoms with E-state index in [1.165, 1.54) is 13.1 Å². The highest BCUT2D eigenvalue weighted by atomic mass is 127. The van der Waals surface area contributed by atoms with E-state index >= 15 is 0 Å². The van der Waals surface area contributed by atoms with Crippen LogP contribution in [0.15, 0.2) is 15.9 Å². The van der Waals surface area contributed by atoms with Gasteiger partial charge in [0.15, 0.2) is 0 Å². The molecule has 0 spiro atoms. The molecular weight excluding hydrogens is 337 g/mol. The largest absolute Gasteiger partial charge is 0.311 e. The van der Waals surface area contributed by atoms with Crippen molar-refractivity contribution in [3.63, 3.8) is 0 Å². The maximum Gasteiger partial charge on any atom is 0.0701 e. The molecule has 0 aliphatic heterocycles. The molecule has 0 saturated carbocycles. The van der Waals surface area contributed by atoms with Gasteiger partial charge in [-0.15, -0.1) is 11.3 Å². The molecule has 0 unspecified atom stereocenters. The summed E-state index contributed by atoms with van der Waals surface area (Å²) < 4.78 is 2.38. The molecule has 0 atom stereocenters. The second-order valence-electron chi connectivity index (χ2n) is 2.07. The summed E-state index contributed by atoms with van der Waals surface area (Å²) in [5.41, 5.74) is 0. The van der Waals surface area contributed by atoms with Crippen LogP contribution in [0.4, 0.5) is 0 Å². The molecule has 0 bridgehead atoms. The van der Waals surface area contributed by atoms with E-state index in [0.717, 1.165) is 13.1 Å². The average molecular weight is 346 g/mol. The summed E-state index contributed by atoms with van der Waals surface area (Å²) in [7, 11) is 0. The van der Waals surface area contributed by atoms with Crippen molar-refractivity contribution in [2.75, 3.05) is 11.0 Å². The third-order valence-electron chi connectivity index (χ3n) is 1.20. The minimum Gasteiger partial charge on any atom is -0.311 e.